The summed E-state index contributed by atoms with van der Waals surface area (Å²) in [7, 11) is 1.57. The summed E-state index contributed by atoms with van der Waals surface area (Å²) < 4.78 is 5.09. The molecule has 0 aromatic heterocycles. The molecular weight excluding hydrogens is 366 g/mol. The molecule has 146 valence electrons. The molecule has 6 nitrogen and oxygen atoms in total. The second-order valence-electron chi connectivity index (χ2n) is 5.73. The Morgan fingerprint density at radius 2 is 1.63 bits per heavy atom. The molecular formula is C20H26ClN3O3. The fourth-order valence-corrected chi connectivity index (χ4v) is 2.39. The molecule has 2 aromatic rings. The molecule has 2 rings (SSSR count). The number of methoxy groups -OCH3 is 1. The molecule has 3 N–H and O–H groups in total. The molecule has 0 aliphatic heterocycles. The van der Waals surface area contributed by atoms with Gasteiger partial charge in [0, 0.05) is 18.7 Å². The number of carbonyl (C=O) groups excluding carboxylic acids is 2. The van der Waals surface area contributed by atoms with E-state index in [1.807, 2.05) is 0 Å². The monoisotopic (exact) mass is 391 g/mol. The van der Waals surface area contributed by atoms with Crippen LogP contribution in [0.2, 0.25) is 0 Å². The van der Waals surface area contributed by atoms with Crippen molar-refractivity contribution in [3.8, 4) is 5.75 Å². The van der Waals surface area contributed by atoms with Gasteiger partial charge < -0.3 is 20.7 Å². The highest BCUT2D eigenvalue weighted by Crippen LogP contribution is 2.17. The van der Waals surface area contributed by atoms with Crippen molar-refractivity contribution in [3.63, 3.8) is 0 Å². The Balaban J connectivity index is 0.00000364. The molecule has 7 heteroatoms. The van der Waals surface area contributed by atoms with Crippen LogP contribution < -0.4 is 20.7 Å². The Morgan fingerprint density at radius 1 is 0.926 bits per heavy atom. The molecule has 0 saturated heterocycles. The Kier molecular flexibility index (Phi) is 9.93. The minimum absolute atomic E-state index is 0. The highest BCUT2D eigenvalue weighted by atomic mass is 35.5. The molecule has 0 radical (unpaired) electrons. The normalized spacial score (nSPS) is 9.85. The Labute approximate surface area is 166 Å². The van der Waals surface area contributed by atoms with E-state index in [1.165, 1.54) is 0 Å². The molecule has 27 heavy (non-hydrogen) atoms. The number of anilines is 1. The molecule has 0 saturated carbocycles. The molecule has 0 aliphatic carbocycles. The standard InChI is InChI=1S/C20H25N3O3.ClH/c1-3-12-21-13-14-22-20(25)17-6-4-5-7-18(17)23-19(24)15-8-10-16(26-2)11-9-15;/h4-11,21H,3,12-14H2,1-2H3,(H,22,25)(H,23,24);1H. The largest absolute Gasteiger partial charge is 0.497 e. The van der Waals surface area contributed by atoms with Gasteiger partial charge in [-0.2, -0.15) is 0 Å². The van der Waals surface area contributed by atoms with Crippen molar-refractivity contribution in [2.24, 2.45) is 0 Å². The van der Waals surface area contributed by atoms with Gasteiger partial charge in [0.05, 0.1) is 18.4 Å². The second-order valence-corrected chi connectivity index (χ2v) is 5.73. The first kappa shape index (κ1) is 22.5. The van der Waals surface area contributed by atoms with Gasteiger partial charge in [-0.15, -0.1) is 12.4 Å². The van der Waals surface area contributed by atoms with Gasteiger partial charge in [-0.25, -0.2) is 0 Å². The van der Waals surface area contributed by atoms with Gasteiger partial charge in [-0.1, -0.05) is 19.1 Å². The fraction of sp³-hybridized carbons (Fsp3) is 0.300. The predicted molar refractivity (Wildman–Crippen MR) is 110 cm³/mol. The van der Waals surface area contributed by atoms with E-state index >= 15 is 0 Å². The van der Waals surface area contributed by atoms with Gasteiger partial charge in [0.15, 0.2) is 0 Å². The lowest BCUT2D eigenvalue weighted by molar-refractivity contribution is 0.0955. The third kappa shape index (κ3) is 6.92. The van der Waals surface area contributed by atoms with Crippen LogP contribution in [0.1, 0.15) is 34.1 Å². The van der Waals surface area contributed by atoms with Crippen molar-refractivity contribution in [2.45, 2.75) is 13.3 Å². The van der Waals surface area contributed by atoms with E-state index in [2.05, 4.69) is 22.9 Å². The maximum absolute atomic E-state index is 12.4. The van der Waals surface area contributed by atoms with E-state index in [1.54, 1.807) is 55.6 Å². The third-order valence-electron chi connectivity index (χ3n) is 3.79. The second kappa shape index (κ2) is 11.9. The quantitative estimate of drug-likeness (QED) is 0.574. The Bertz CT molecular complexity index is 736. The summed E-state index contributed by atoms with van der Waals surface area (Å²) in [6.07, 6.45) is 1.05. The average Bonchev–Trinajstić information content (AvgIpc) is 2.68. The Hall–Kier alpha value is -2.57. The molecule has 0 unspecified atom stereocenters. The molecule has 0 atom stereocenters. The molecule has 0 aliphatic rings. The zero-order valence-corrected chi connectivity index (χ0v) is 16.4. The van der Waals surface area contributed by atoms with Crippen LogP contribution in [0.3, 0.4) is 0 Å². The third-order valence-corrected chi connectivity index (χ3v) is 3.79. The van der Waals surface area contributed by atoms with Gasteiger partial charge in [0.1, 0.15) is 5.75 Å². The Morgan fingerprint density at radius 3 is 2.30 bits per heavy atom. The van der Waals surface area contributed by atoms with Crippen LogP contribution in [-0.4, -0.2) is 38.6 Å². The minimum atomic E-state index is -0.280. The number of halogens is 1. The number of benzene rings is 2. The van der Waals surface area contributed by atoms with E-state index in [-0.39, 0.29) is 24.2 Å². The van der Waals surface area contributed by atoms with Crippen LogP contribution in [0.15, 0.2) is 48.5 Å². The smallest absolute Gasteiger partial charge is 0.255 e. The molecule has 2 aromatic carbocycles. The summed E-state index contributed by atoms with van der Waals surface area (Å²) in [5.74, 6) is 0.185. The number of carbonyl (C=O) groups is 2. The zero-order valence-electron chi connectivity index (χ0n) is 15.6. The molecule has 0 heterocycles. The molecule has 0 fully saturated rings. The first-order valence-electron chi connectivity index (χ1n) is 8.69. The van der Waals surface area contributed by atoms with Crippen LogP contribution in [0, 0.1) is 0 Å². The summed E-state index contributed by atoms with van der Waals surface area (Å²) in [5, 5.41) is 8.88. The maximum atomic E-state index is 12.4. The summed E-state index contributed by atoms with van der Waals surface area (Å²) in [4.78, 5) is 24.8. The summed E-state index contributed by atoms with van der Waals surface area (Å²) in [6, 6.07) is 13.8. The van der Waals surface area contributed by atoms with Gasteiger partial charge in [0.25, 0.3) is 11.8 Å². The molecule has 0 bridgehead atoms. The van der Waals surface area contributed by atoms with Crippen molar-refractivity contribution in [3.05, 3.63) is 59.7 Å². The van der Waals surface area contributed by atoms with Gasteiger partial charge in [-0.05, 0) is 49.4 Å². The van der Waals surface area contributed by atoms with Gasteiger partial charge in [-0.3, -0.25) is 9.59 Å². The van der Waals surface area contributed by atoms with Crippen LogP contribution in [-0.2, 0) is 0 Å². The van der Waals surface area contributed by atoms with E-state index in [0.29, 0.717) is 35.7 Å². The summed E-state index contributed by atoms with van der Waals surface area (Å²) >= 11 is 0. The highest BCUT2D eigenvalue weighted by Gasteiger charge is 2.13. The van der Waals surface area contributed by atoms with Crippen LogP contribution in [0.25, 0.3) is 0 Å². The number of rotatable bonds is 9. The SMILES string of the molecule is CCCNCCNC(=O)c1ccccc1NC(=O)c1ccc(OC)cc1.Cl. The molecule has 0 spiro atoms. The first-order valence-corrected chi connectivity index (χ1v) is 8.69. The lowest BCUT2D eigenvalue weighted by atomic mass is 10.1. The zero-order chi connectivity index (χ0) is 18.8. The number of nitrogens with one attached hydrogen (secondary N) is 3. The number of hydrogen-bond donors (Lipinski definition) is 3. The van der Waals surface area contributed by atoms with Crippen molar-refractivity contribution in [1.29, 1.82) is 0 Å². The van der Waals surface area contributed by atoms with Crippen LogP contribution in [0.5, 0.6) is 5.75 Å². The van der Waals surface area contributed by atoms with Crippen molar-refractivity contribution in [1.82, 2.24) is 10.6 Å². The van der Waals surface area contributed by atoms with E-state index in [9.17, 15) is 9.59 Å². The number of ether oxygens (including phenoxy) is 1. The van der Waals surface area contributed by atoms with E-state index < -0.39 is 0 Å². The summed E-state index contributed by atoms with van der Waals surface area (Å²) in [5.41, 5.74) is 1.40. The number of hydrogen-bond acceptors (Lipinski definition) is 4. The summed E-state index contributed by atoms with van der Waals surface area (Å²) in [6.45, 7) is 4.25. The maximum Gasteiger partial charge on any atom is 0.255 e. The first-order chi connectivity index (χ1) is 12.7. The van der Waals surface area contributed by atoms with Crippen LogP contribution in [0.4, 0.5) is 5.69 Å². The predicted octanol–water partition coefficient (Wildman–Crippen LogP) is 3.10. The van der Waals surface area contributed by atoms with Gasteiger partial charge >= 0.3 is 0 Å². The van der Waals surface area contributed by atoms with E-state index in [4.69, 9.17) is 4.74 Å². The average molecular weight is 392 g/mol. The lowest BCUT2D eigenvalue weighted by Crippen LogP contribution is -2.32. The minimum Gasteiger partial charge on any atom is -0.497 e. The van der Waals surface area contributed by atoms with Gasteiger partial charge in [0.2, 0.25) is 0 Å². The van der Waals surface area contributed by atoms with Crippen molar-refractivity contribution < 1.29 is 14.3 Å². The fourth-order valence-electron chi connectivity index (χ4n) is 2.39. The number of para-hydroxylation sites is 1. The lowest BCUT2D eigenvalue weighted by Gasteiger charge is -2.12. The number of amides is 2. The van der Waals surface area contributed by atoms with Crippen LogP contribution >= 0.6 is 12.4 Å². The van der Waals surface area contributed by atoms with Crippen molar-refractivity contribution >= 4 is 29.9 Å². The highest BCUT2D eigenvalue weighted by molar-refractivity contribution is 6.09. The molecule has 2 amide bonds. The topological polar surface area (TPSA) is 79.5 Å². The van der Waals surface area contributed by atoms with Crippen molar-refractivity contribution in [2.75, 3.05) is 32.1 Å². The van der Waals surface area contributed by atoms with E-state index in [0.717, 1.165) is 13.0 Å².